The predicted molar refractivity (Wildman–Crippen MR) is 149 cm³/mol. The number of likely N-dealkylation sites (tertiary alicyclic amines) is 1. The van der Waals surface area contributed by atoms with Crippen LogP contribution in [0.15, 0.2) is 84.9 Å². The molecule has 4 aromatic rings. The summed E-state index contributed by atoms with van der Waals surface area (Å²) in [6.07, 6.45) is 2.47. The molecule has 3 aromatic carbocycles. The first-order chi connectivity index (χ1) is 16.5. The maximum atomic E-state index is 3.69. The highest BCUT2D eigenvalue weighted by atomic mass is 15.2. The minimum Gasteiger partial charge on any atom is -0.354 e. The molecule has 1 saturated heterocycles. The molecule has 184 valence electrons. The number of benzene rings is 3. The van der Waals surface area contributed by atoms with Crippen molar-refractivity contribution in [1.82, 2.24) is 20.9 Å². The summed E-state index contributed by atoms with van der Waals surface area (Å²) in [5, 5.41) is 1.33. The van der Waals surface area contributed by atoms with E-state index < -0.39 is 0 Å². The van der Waals surface area contributed by atoms with E-state index in [9.17, 15) is 0 Å². The van der Waals surface area contributed by atoms with Gasteiger partial charge in [-0.3, -0.25) is 4.90 Å². The van der Waals surface area contributed by atoms with Crippen LogP contribution in [0.2, 0.25) is 0 Å². The van der Waals surface area contributed by atoms with E-state index in [1.165, 1.54) is 52.7 Å². The van der Waals surface area contributed by atoms with Crippen molar-refractivity contribution in [3.63, 3.8) is 0 Å². The van der Waals surface area contributed by atoms with E-state index in [0.717, 1.165) is 19.6 Å². The second kappa shape index (κ2) is 10.8. The van der Waals surface area contributed by atoms with Crippen LogP contribution in [0.25, 0.3) is 22.2 Å². The number of piperidine rings is 1. The Morgan fingerprint density at radius 2 is 1.57 bits per heavy atom. The molecule has 1 fully saturated rings. The maximum Gasteiger partial charge on any atom is 0.0510 e. The third kappa shape index (κ3) is 5.51. The van der Waals surface area contributed by atoms with Crippen LogP contribution in [0, 0.1) is 0 Å². The molecule has 4 N–H and O–H groups in total. The quantitative estimate of drug-likeness (QED) is 0.304. The summed E-state index contributed by atoms with van der Waals surface area (Å²) < 4.78 is 0. The van der Waals surface area contributed by atoms with Crippen molar-refractivity contribution in [3.05, 3.63) is 96.1 Å². The standard InChI is InChI=1S/C31H37N3.H3N/c1-31(2)22-26(24-12-6-4-7-13-24)18-19-34(31)21-20-33(3)23-28-27-16-10-11-17-29(27)32-30(28)25-14-8-5-9-15-25;/h4-17,26,32H,18-23H2,1-3H3;1H3. The molecule has 0 bridgehead atoms. The zero-order chi connectivity index (χ0) is 23.5. The Morgan fingerprint density at radius 1 is 0.914 bits per heavy atom. The molecular formula is C31H40N4. The van der Waals surface area contributed by atoms with Crippen molar-refractivity contribution in [3.8, 4) is 11.3 Å². The smallest absolute Gasteiger partial charge is 0.0510 e. The van der Waals surface area contributed by atoms with Crippen molar-refractivity contribution < 1.29 is 0 Å². The lowest BCUT2D eigenvalue weighted by atomic mass is 9.79. The molecule has 1 atom stereocenters. The van der Waals surface area contributed by atoms with Crippen LogP contribution in [0.5, 0.6) is 0 Å². The number of nitrogens with zero attached hydrogens (tertiary/aromatic N) is 2. The van der Waals surface area contributed by atoms with Gasteiger partial charge in [-0.05, 0) is 69.0 Å². The van der Waals surface area contributed by atoms with Crippen LogP contribution in [0.1, 0.15) is 43.7 Å². The van der Waals surface area contributed by atoms with E-state index >= 15 is 0 Å². The van der Waals surface area contributed by atoms with Gasteiger partial charge in [-0.1, -0.05) is 78.9 Å². The number of likely N-dealkylation sites (N-methyl/N-ethyl adjacent to an activating group) is 1. The van der Waals surface area contributed by atoms with Gasteiger partial charge < -0.3 is 16.0 Å². The number of aromatic amines is 1. The van der Waals surface area contributed by atoms with Gasteiger partial charge in [-0.25, -0.2) is 0 Å². The number of hydrogen-bond donors (Lipinski definition) is 2. The van der Waals surface area contributed by atoms with Gasteiger partial charge in [0.1, 0.15) is 0 Å². The molecule has 1 unspecified atom stereocenters. The molecule has 1 aromatic heterocycles. The molecule has 2 heterocycles. The van der Waals surface area contributed by atoms with E-state index in [2.05, 4.69) is 121 Å². The van der Waals surface area contributed by atoms with Crippen LogP contribution in [-0.4, -0.2) is 47.0 Å². The third-order valence-electron chi connectivity index (χ3n) is 7.68. The molecule has 0 aliphatic carbocycles. The number of hydrogen-bond acceptors (Lipinski definition) is 3. The summed E-state index contributed by atoms with van der Waals surface area (Å²) in [6, 6.07) is 30.5. The van der Waals surface area contributed by atoms with Crippen molar-refractivity contribution in [2.24, 2.45) is 0 Å². The minimum atomic E-state index is 0. The molecule has 0 amide bonds. The van der Waals surface area contributed by atoms with Crippen LogP contribution < -0.4 is 6.15 Å². The van der Waals surface area contributed by atoms with Gasteiger partial charge in [0.25, 0.3) is 0 Å². The molecule has 1 aliphatic rings. The fourth-order valence-electron chi connectivity index (χ4n) is 5.73. The van der Waals surface area contributed by atoms with E-state index in [0.29, 0.717) is 5.92 Å². The van der Waals surface area contributed by atoms with Crippen LogP contribution in [0.4, 0.5) is 0 Å². The first kappa shape index (κ1) is 25.2. The molecule has 4 heteroatoms. The topological polar surface area (TPSA) is 57.3 Å². The van der Waals surface area contributed by atoms with Gasteiger partial charge in [0.05, 0.1) is 5.69 Å². The summed E-state index contributed by atoms with van der Waals surface area (Å²) in [7, 11) is 2.26. The summed E-state index contributed by atoms with van der Waals surface area (Å²) in [6.45, 7) is 9.13. The lowest BCUT2D eigenvalue weighted by Crippen LogP contribution is -2.51. The van der Waals surface area contributed by atoms with E-state index in [1.54, 1.807) is 0 Å². The Kier molecular flexibility index (Phi) is 7.75. The van der Waals surface area contributed by atoms with Crippen molar-refractivity contribution in [2.45, 2.75) is 44.7 Å². The molecule has 0 spiro atoms. The van der Waals surface area contributed by atoms with Crippen molar-refractivity contribution in [2.75, 3.05) is 26.7 Å². The van der Waals surface area contributed by atoms with Gasteiger partial charge in [-0.2, -0.15) is 0 Å². The summed E-state index contributed by atoms with van der Waals surface area (Å²) in [5.74, 6) is 0.671. The number of H-pyrrole nitrogens is 1. The highest BCUT2D eigenvalue weighted by molar-refractivity contribution is 5.90. The average Bonchev–Trinajstić information content (AvgIpc) is 3.22. The average molecular weight is 469 g/mol. The fourth-order valence-corrected chi connectivity index (χ4v) is 5.73. The van der Waals surface area contributed by atoms with Crippen LogP contribution in [0.3, 0.4) is 0 Å². The first-order valence-corrected chi connectivity index (χ1v) is 12.6. The minimum absolute atomic E-state index is 0. The zero-order valence-electron chi connectivity index (χ0n) is 21.5. The third-order valence-corrected chi connectivity index (χ3v) is 7.68. The van der Waals surface area contributed by atoms with Gasteiger partial charge in [0.2, 0.25) is 0 Å². The van der Waals surface area contributed by atoms with E-state index in [4.69, 9.17) is 0 Å². The lowest BCUT2D eigenvalue weighted by Gasteiger charge is -2.46. The Balaban J connectivity index is 0.00000289. The monoisotopic (exact) mass is 468 g/mol. The highest BCUT2D eigenvalue weighted by Gasteiger charge is 2.35. The number of para-hydroxylation sites is 1. The maximum absolute atomic E-state index is 3.69. The molecule has 0 saturated carbocycles. The molecule has 1 aliphatic heterocycles. The predicted octanol–water partition coefficient (Wildman–Crippen LogP) is 7.09. The van der Waals surface area contributed by atoms with Crippen molar-refractivity contribution in [1.29, 1.82) is 0 Å². The first-order valence-electron chi connectivity index (χ1n) is 12.6. The molecular weight excluding hydrogens is 428 g/mol. The van der Waals surface area contributed by atoms with Crippen LogP contribution in [-0.2, 0) is 6.54 Å². The Hall–Kier alpha value is -2.92. The SMILES string of the molecule is CN(CCN1CCC(c2ccccc2)CC1(C)C)Cc1c(-c2ccccc2)[nH]c2ccccc12.N. The Morgan fingerprint density at radius 3 is 2.29 bits per heavy atom. The molecule has 35 heavy (non-hydrogen) atoms. The summed E-state index contributed by atoms with van der Waals surface area (Å²) >= 11 is 0. The molecule has 0 radical (unpaired) electrons. The van der Waals surface area contributed by atoms with Gasteiger partial charge in [-0.15, -0.1) is 0 Å². The normalized spacial score (nSPS) is 18.0. The highest BCUT2D eigenvalue weighted by Crippen LogP contribution is 2.37. The van der Waals surface area contributed by atoms with E-state index in [-0.39, 0.29) is 11.7 Å². The summed E-state index contributed by atoms with van der Waals surface area (Å²) in [4.78, 5) is 8.88. The van der Waals surface area contributed by atoms with Crippen molar-refractivity contribution >= 4 is 10.9 Å². The second-order valence-corrected chi connectivity index (χ2v) is 10.5. The number of nitrogens with one attached hydrogen (secondary N) is 1. The second-order valence-electron chi connectivity index (χ2n) is 10.5. The lowest BCUT2D eigenvalue weighted by molar-refractivity contribution is 0.0566. The number of rotatable bonds is 7. The zero-order valence-corrected chi connectivity index (χ0v) is 21.5. The summed E-state index contributed by atoms with van der Waals surface area (Å²) in [5.41, 5.74) is 6.83. The van der Waals surface area contributed by atoms with Crippen LogP contribution >= 0.6 is 0 Å². The van der Waals surface area contributed by atoms with Gasteiger partial charge >= 0.3 is 0 Å². The number of fused-ring (bicyclic) bond motifs is 1. The largest absolute Gasteiger partial charge is 0.354 e. The van der Waals surface area contributed by atoms with Gasteiger partial charge in [0, 0.05) is 36.1 Å². The number of aromatic nitrogens is 1. The Bertz CT molecular complexity index is 1210. The van der Waals surface area contributed by atoms with Gasteiger partial charge in [0.15, 0.2) is 0 Å². The molecule has 4 nitrogen and oxygen atoms in total. The Labute approximate surface area is 210 Å². The van der Waals surface area contributed by atoms with E-state index in [1.807, 2.05) is 0 Å². The fraction of sp³-hybridized carbons (Fsp3) is 0.355. The molecule has 5 rings (SSSR count).